The van der Waals surface area contributed by atoms with Crippen molar-refractivity contribution in [3.8, 4) is 0 Å². The first-order valence-electron chi connectivity index (χ1n) is 10.3. The first-order valence-corrected chi connectivity index (χ1v) is 10.3. The molecule has 0 spiro atoms. The van der Waals surface area contributed by atoms with E-state index in [1.54, 1.807) is 28.5 Å². The Kier molecular flexibility index (Phi) is 4.60. The van der Waals surface area contributed by atoms with Gasteiger partial charge in [-0.05, 0) is 65.5 Å². The predicted octanol–water partition coefficient (Wildman–Crippen LogP) is 3.25. The molecule has 2 fully saturated rings. The molecule has 2 aromatic heterocycles. The molecule has 1 saturated carbocycles. The molecule has 0 unspecified atom stereocenters. The van der Waals surface area contributed by atoms with E-state index in [0.29, 0.717) is 30.1 Å². The number of carbonyl (C=O) groups is 2. The smallest absolute Gasteiger partial charge is 0.410 e. The fourth-order valence-corrected chi connectivity index (χ4v) is 4.55. The van der Waals surface area contributed by atoms with E-state index in [1.165, 1.54) is 6.07 Å². The Balaban J connectivity index is 1.43. The summed E-state index contributed by atoms with van der Waals surface area (Å²) in [7, 11) is 0. The summed E-state index contributed by atoms with van der Waals surface area (Å²) in [6, 6.07) is 3.03. The number of hydrogen-bond acceptors (Lipinski definition) is 4. The minimum atomic E-state index is -0.774. The highest BCUT2D eigenvalue weighted by molar-refractivity contribution is 5.84. The van der Waals surface area contributed by atoms with E-state index < -0.39 is 11.1 Å². The average Bonchev–Trinajstić information content (AvgIpc) is 2.95. The van der Waals surface area contributed by atoms with Gasteiger partial charge in [-0.3, -0.25) is 9.20 Å². The molecule has 1 saturated heterocycles. The quantitative estimate of drug-likeness (QED) is 0.833. The van der Waals surface area contributed by atoms with Crippen molar-refractivity contribution in [2.45, 2.75) is 52.7 Å². The lowest BCUT2D eigenvalue weighted by molar-refractivity contribution is -0.125. The minimum absolute atomic E-state index is 0.0513. The summed E-state index contributed by atoms with van der Waals surface area (Å²) >= 11 is 0. The van der Waals surface area contributed by atoms with Crippen molar-refractivity contribution < 1.29 is 18.7 Å². The number of halogens is 1. The van der Waals surface area contributed by atoms with Gasteiger partial charge in [0.15, 0.2) is 0 Å². The number of amides is 2. The van der Waals surface area contributed by atoms with Crippen molar-refractivity contribution >= 4 is 17.5 Å². The van der Waals surface area contributed by atoms with Crippen LogP contribution in [0.2, 0.25) is 0 Å². The summed E-state index contributed by atoms with van der Waals surface area (Å²) in [5.74, 6) is 0.393. The predicted molar refractivity (Wildman–Crippen MR) is 109 cm³/mol. The number of nitrogens with one attached hydrogen (secondary N) is 1. The van der Waals surface area contributed by atoms with Gasteiger partial charge in [0.1, 0.15) is 22.8 Å². The van der Waals surface area contributed by atoms with Crippen LogP contribution in [0.25, 0.3) is 5.52 Å². The molecule has 1 N–H and O–H groups in total. The summed E-state index contributed by atoms with van der Waals surface area (Å²) in [4.78, 5) is 31.4. The SMILES string of the molecule is Cc1nc(C(C)(C)NC(=O)[C@H]2[C@@H]3CN(C(=O)OC(C)(C)C)C[C@@H]32)n2cccc(F)c12. The molecule has 8 heteroatoms. The van der Waals surface area contributed by atoms with Crippen LogP contribution in [-0.4, -0.2) is 45.0 Å². The van der Waals surface area contributed by atoms with Crippen LogP contribution in [0.15, 0.2) is 18.3 Å². The van der Waals surface area contributed by atoms with Gasteiger partial charge in [-0.15, -0.1) is 0 Å². The molecule has 1 aliphatic heterocycles. The second kappa shape index (κ2) is 6.68. The molecule has 162 valence electrons. The summed E-state index contributed by atoms with van der Waals surface area (Å²) in [5, 5.41) is 3.09. The van der Waals surface area contributed by atoms with Crippen molar-refractivity contribution in [1.29, 1.82) is 0 Å². The Hall–Kier alpha value is -2.64. The van der Waals surface area contributed by atoms with Gasteiger partial charge in [0.2, 0.25) is 5.91 Å². The monoisotopic (exact) mass is 416 g/mol. The van der Waals surface area contributed by atoms with E-state index in [0.717, 1.165) is 0 Å². The average molecular weight is 416 g/mol. The molecule has 0 aromatic carbocycles. The Morgan fingerprint density at radius 2 is 1.83 bits per heavy atom. The number of aryl methyl sites for hydroxylation is 1. The molecule has 3 atom stereocenters. The fraction of sp³-hybridized carbons (Fsp3) is 0.591. The molecule has 4 rings (SSSR count). The number of imidazole rings is 1. The number of piperidine rings is 1. The molecule has 2 aromatic rings. The second-order valence-electron chi connectivity index (χ2n) is 9.95. The lowest BCUT2D eigenvalue weighted by Gasteiger charge is -2.27. The number of fused-ring (bicyclic) bond motifs is 2. The lowest BCUT2D eigenvalue weighted by atomic mass is 10.0. The van der Waals surface area contributed by atoms with Crippen LogP contribution in [0.1, 0.15) is 46.1 Å². The van der Waals surface area contributed by atoms with E-state index in [4.69, 9.17) is 4.74 Å². The van der Waals surface area contributed by atoms with Crippen molar-refractivity contribution in [3.63, 3.8) is 0 Å². The van der Waals surface area contributed by atoms with E-state index in [2.05, 4.69) is 10.3 Å². The van der Waals surface area contributed by atoms with Gasteiger partial charge >= 0.3 is 6.09 Å². The number of hydrogen-bond donors (Lipinski definition) is 1. The zero-order valence-electron chi connectivity index (χ0n) is 18.3. The van der Waals surface area contributed by atoms with Crippen LogP contribution in [0.4, 0.5) is 9.18 Å². The third kappa shape index (κ3) is 3.52. The zero-order valence-corrected chi connectivity index (χ0v) is 18.3. The van der Waals surface area contributed by atoms with Gasteiger partial charge < -0.3 is 15.0 Å². The third-order valence-corrected chi connectivity index (χ3v) is 5.93. The maximum atomic E-state index is 14.2. The van der Waals surface area contributed by atoms with Gasteiger partial charge in [0.25, 0.3) is 0 Å². The topological polar surface area (TPSA) is 75.9 Å². The van der Waals surface area contributed by atoms with Crippen LogP contribution in [0.3, 0.4) is 0 Å². The molecule has 0 bridgehead atoms. The van der Waals surface area contributed by atoms with Crippen LogP contribution in [-0.2, 0) is 15.1 Å². The maximum absolute atomic E-state index is 14.2. The number of ether oxygens (including phenoxy) is 1. The molecule has 0 radical (unpaired) electrons. The van der Waals surface area contributed by atoms with Crippen LogP contribution in [0.5, 0.6) is 0 Å². The van der Waals surface area contributed by atoms with Gasteiger partial charge in [0, 0.05) is 25.2 Å². The largest absolute Gasteiger partial charge is 0.444 e. The van der Waals surface area contributed by atoms with Crippen molar-refractivity contribution in [2.24, 2.45) is 17.8 Å². The standard InChI is InChI=1S/C22H29FN4O3/c1-12-17-15(23)8-7-9-27(17)19(24-12)22(5,6)25-18(28)16-13-10-26(11-14(13)16)20(29)30-21(2,3)4/h7-9,13-14,16H,10-11H2,1-6H3,(H,25,28)/t13-,14+,16+. The molecule has 2 amide bonds. The fourth-order valence-electron chi connectivity index (χ4n) is 4.55. The highest BCUT2D eigenvalue weighted by Gasteiger charge is 2.61. The lowest BCUT2D eigenvalue weighted by Crippen LogP contribution is -2.45. The van der Waals surface area contributed by atoms with E-state index in [-0.39, 0.29) is 35.6 Å². The maximum Gasteiger partial charge on any atom is 0.410 e. The molecule has 7 nitrogen and oxygen atoms in total. The van der Waals surface area contributed by atoms with Gasteiger partial charge in [-0.1, -0.05) is 0 Å². The molecule has 1 aliphatic carbocycles. The van der Waals surface area contributed by atoms with Gasteiger partial charge in [-0.25, -0.2) is 14.2 Å². The first kappa shape index (κ1) is 20.6. The highest BCUT2D eigenvalue weighted by atomic mass is 19.1. The summed E-state index contributed by atoms with van der Waals surface area (Å²) in [6.07, 6.45) is 1.43. The minimum Gasteiger partial charge on any atom is -0.444 e. The van der Waals surface area contributed by atoms with E-state index >= 15 is 0 Å². The Morgan fingerprint density at radius 3 is 2.43 bits per heavy atom. The van der Waals surface area contributed by atoms with E-state index in [9.17, 15) is 14.0 Å². The highest BCUT2D eigenvalue weighted by Crippen LogP contribution is 2.52. The number of pyridine rings is 1. The Bertz CT molecular complexity index is 1010. The van der Waals surface area contributed by atoms with Crippen LogP contribution < -0.4 is 5.32 Å². The van der Waals surface area contributed by atoms with Gasteiger partial charge in [0.05, 0.1) is 11.2 Å². The molecule has 30 heavy (non-hydrogen) atoms. The normalized spacial score (nSPS) is 23.4. The number of nitrogens with zero attached hydrogens (tertiary/aromatic N) is 3. The zero-order chi connectivity index (χ0) is 22.0. The van der Waals surface area contributed by atoms with Crippen molar-refractivity contribution in [1.82, 2.24) is 19.6 Å². The Labute approximate surface area is 175 Å². The number of rotatable bonds is 3. The third-order valence-electron chi connectivity index (χ3n) is 5.93. The molecular weight excluding hydrogens is 387 g/mol. The van der Waals surface area contributed by atoms with E-state index in [1.807, 2.05) is 34.6 Å². The Morgan fingerprint density at radius 1 is 1.20 bits per heavy atom. The number of likely N-dealkylation sites (tertiary alicyclic amines) is 1. The summed E-state index contributed by atoms with van der Waals surface area (Å²) in [5.41, 5.74) is -0.299. The first-order chi connectivity index (χ1) is 13.9. The molecule has 3 heterocycles. The van der Waals surface area contributed by atoms with Crippen LogP contribution >= 0.6 is 0 Å². The van der Waals surface area contributed by atoms with Crippen molar-refractivity contribution in [2.75, 3.05) is 13.1 Å². The number of carbonyl (C=O) groups excluding carboxylic acids is 2. The summed E-state index contributed by atoms with van der Waals surface area (Å²) in [6.45, 7) is 12.1. The molecule has 2 aliphatic rings. The second-order valence-corrected chi connectivity index (χ2v) is 9.95. The van der Waals surface area contributed by atoms with Gasteiger partial charge in [-0.2, -0.15) is 0 Å². The van der Waals surface area contributed by atoms with Crippen LogP contribution in [0, 0.1) is 30.5 Å². The molecular formula is C22H29FN4O3. The summed E-state index contributed by atoms with van der Waals surface area (Å²) < 4.78 is 21.3. The van der Waals surface area contributed by atoms with Crippen molar-refractivity contribution in [3.05, 3.63) is 35.7 Å². The number of aromatic nitrogens is 2.